The van der Waals surface area contributed by atoms with Crippen LogP contribution in [-0.2, 0) is 0 Å². The smallest absolute Gasteiger partial charge is 0.234 e. The molecule has 2 heterocycles. The molecule has 25 heavy (non-hydrogen) atoms. The summed E-state index contributed by atoms with van der Waals surface area (Å²) in [4.78, 5) is 5.43. The van der Waals surface area contributed by atoms with Gasteiger partial charge in [-0.1, -0.05) is 65.8 Å². The minimum Gasteiger partial charge on any atom is -0.234 e. The van der Waals surface area contributed by atoms with E-state index in [0.29, 0.717) is 0 Å². The summed E-state index contributed by atoms with van der Waals surface area (Å²) in [6.07, 6.45) is 1.53. The molecular formula is C18H19BrN5S+. The Kier molecular flexibility index (Phi) is 8.11. The van der Waals surface area contributed by atoms with Gasteiger partial charge >= 0.3 is 0 Å². The van der Waals surface area contributed by atoms with Crippen LogP contribution in [0.5, 0.6) is 0 Å². The van der Waals surface area contributed by atoms with Crippen LogP contribution in [0.2, 0.25) is 0 Å². The number of rotatable bonds is 1. The Morgan fingerprint density at radius 1 is 0.880 bits per heavy atom. The van der Waals surface area contributed by atoms with Crippen molar-refractivity contribution < 1.29 is 5.43 Å². The fraction of sp³-hybridized carbons (Fsp3) is 0.111. The molecule has 0 bridgehead atoms. The number of quaternary nitrogens is 1. The van der Waals surface area contributed by atoms with E-state index in [1.165, 1.54) is 27.8 Å². The highest BCUT2D eigenvalue weighted by molar-refractivity contribution is 9.11. The Hall–Kier alpha value is -2.22. The molecule has 0 saturated heterocycles. The van der Waals surface area contributed by atoms with Crippen LogP contribution in [0.1, 0.15) is 10.6 Å². The second kappa shape index (κ2) is 10.6. The third kappa shape index (κ3) is 7.04. The fourth-order valence-electron chi connectivity index (χ4n) is 1.84. The molecule has 1 aromatic heterocycles. The average molecular weight is 417 g/mol. The summed E-state index contributed by atoms with van der Waals surface area (Å²) in [5, 5.41) is 9.94. The number of nitrogens with two attached hydrogens (primary N) is 1. The van der Waals surface area contributed by atoms with Crippen LogP contribution in [0.15, 0.2) is 80.1 Å². The van der Waals surface area contributed by atoms with Crippen molar-refractivity contribution in [3.63, 3.8) is 0 Å². The first kappa shape index (κ1) is 19.1. The molecule has 2 N–H and O–H groups in total. The Labute approximate surface area is 159 Å². The zero-order valence-electron chi connectivity index (χ0n) is 14.0. The van der Waals surface area contributed by atoms with Gasteiger partial charge in [0.2, 0.25) is 6.34 Å². The lowest BCUT2D eigenvalue weighted by atomic mass is 10.1. The van der Waals surface area contributed by atoms with Crippen LogP contribution >= 0.6 is 27.3 Å². The molecule has 2 aromatic carbocycles. The Morgan fingerprint density at radius 3 is 1.68 bits per heavy atom. The number of aromatic nitrogens is 1. The monoisotopic (exact) mass is 416 g/mol. The van der Waals surface area contributed by atoms with Crippen molar-refractivity contribution in [3.05, 3.63) is 75.2 Å². The third-order valence-corrected chi connectivity index (χ3v) is 4.71. The summed E-state index contributed by atoms with van der Waals surface area (Å²) in [5.74, 6) is 0. The lowest BCUT2D eigenvalue weighted by Crippen LogP contribution is -2.74. The standard InChI is InChI=1S/C12H10.C5H6BrNS.CH2N4/c1-3-7-11(8-4-1)12-9-5-2-6-10-12;1-3-4(2)8-5(6)7-3;1-2-4-5-3-1/h1-10H;1-2H3;1H,(H,2,3,4,5)/p+1. The van der Waals surface area contributed by atoms with E-state index >= 15 is 0 Å². The highest BCUT2D eigenvalue weighted by atomic mass is 79.9. The second-order valence-corrected chi connectivity index (χ2v) is 7.44. The van der Waals surface area contributed by atoms with Crippen LogP contribution in [0, 0.1) is 13.8 Å². The van der Waals surface area contributed by atoms with Crippen LogP contribution < -0.4 is 5.43 Å². The molecule has 5 nitrogen and oxygen atoms in total. The van der Waals surface area contributed by atoms with Gasteiger partial charge in [-0.25, -0.2) is 4.98 Å². The Morgan fingerprint density at radius 2 is 1.44 bits per heavy atom. The molecule has 0 radical (unpaired) electrons. The van der Waals surface area contributed by atoms with Crippen LogP contribution in [0.4, 0.5) is 0 Å². The molecule has 3 aromatic rings. The second-order valence-electron chi connectivity index (χ2n) is 4.96. The zero-order chi connectivity index (χ0) is 17.9. The molecule has 0 atom stereocenters. The number of hydrogen-bond donors (Lipinski definition) is 1. The summed E-state index contributed by atoms with van der Waals surface area (Å²) in [6, 6.07) is 20.8. The van der Waals surface area contributed by atoms with Gasteiger partial charge in [-0.05, 0) is 40.9 Å². The summed E-state index contributed by atoms with van der Waals surface area (Å²) in [7, 11) is 0. The molecule has 0 amide bonds. The summed E-state index contributed by atoms with van der Waals surface area (Å²) in [6.45, 7) is 4.08. The first-order chi connectivity index (χ1) is 12.2. The largest absolute Gasteiger partial charge is 0.236 e. The molecule has 1 aliphatic rings. The topological polar surface area (TPSA) is 66.6 Å². The first-order valence-electron chi connectivity index (χ1n) is 7.62. The Bertz CT molecular complexity index is 749. The highest BCUT2D eigenvalue weighted by Gasteiger charge is 1.97. The molecule has 0 spiro atoms. The number of aryl methyl sites for hydroxylation is 2. The average Bonchev–Trinajstić information content (AvgIpc) is 3.31. The van der Waals surface area contributed by atoms with Gasteiger partial charge in [0, 0.05) is 10.1 Å². The number of thiazole rings is 1. The van der Waals surface area contributed by atoms with E-state index in [2.05, 4.69) is 91.9 Å². The summed E-state index contributed by atoms with van der Waals surface area (Å²) in [5.41, 5.74) is 5.21. The highest BCUT2D eigenvalue weighted by Crippen LogP contribution is 2.20. The van der Waals surface area contributed by atoms with Crippen molar-refractivity contribution in [1.82, 2.24) is 4.98 Å². The van der Waals surface area contributed by atoms with Crippen molar-refractivity contribution in [2.45, 2.75) is 13.8 Å². The van der Waals surface area contributed by atoms with E-state index in [-0.39, 0.29) is 0 Å². The minimum absolute atomic E-state index is 0.979. The van der Waals surface area contributed by atoms with E-state index in [1.807, 2.05) is 19.1 Å². The third-order valence-electron chi connectivity index (χ3n) is 3.19. The predicted octanol–water partition coefficient (Wildman–Crippen LogP) is 4.75. The van der Waals surface area contributed by atoms with E-state index in [0.717, 1.165) is 9.61 Å². The van der Waals surface area contributed by atoms with Crippen molar-refractivity contribution in [1.29, 1.82) is 0 Å². The van der Waals surface area contributed by atoms with E-state index < -0.39 is 0 Å². The van der Waals surface area contributed by atoms with Gasteiger partial charge in [-0.3, -0.25) is 0 Å². The molecule has 0 unspecified atom stereocenters. The maximum Gasteiger partial charge on any atom is 0.236 e. The number of hydrogen-bond acceptors (Lipinski definition) is 5. The number of benzene rings is 2. The maximum absolute atomic E-state index is 4.15. The minimum atomic E-state index is 0.979. The Balaban J connectivity index is 0.000000149. The van der Waals surface area contributed by atoms with Gasteiger partial charge in [-0.15, -0.1) is 11.3 Å². The predicted molar refractivity (Wildman–Crippen MR) is 106 cm³/mol. The van der Waals surface area contributed by atoms with Crippen LogP contribution in [-0.4, -0.2) is 11.3 Å². The van der Waals surface area contributed by atoms with Gasteiger partial charge in [0.1, 0.15) is 0 Å². The molecular weight excluding hydrogens is 398 g/mol. The fourth-order valence-corrected chi connectivity index (χ4v) is 3.47. The molecule has 0 aliphatic carbocycles. The molecule has 1 aliphatic heterocycles. The molecule has 128 valence electrons. The lowest BCUT2D eigenvalue weighted by molar-refractivity contribution is -0.538. The maximum atomic E-state index is 4.15. The van der Waals surface area contributed by atoms with Gasteiger partial charge < -0.3 is 0 Å². The van der Waals surface area contributed by atoms with E-state index in [9.17, 15) is 0 Å². The number of halogens is 1. The molecule has 7 heteroatoms. The van der Waals surface area contributed by atoms with E-state index in [1.54, 1.807) is 11.3 Å². The quantitative estimate of drug-likeness (QED) is 0.571. The zero-order valence-corrected chi connectivity index (χ0v) is 16.4. The van der Waals surface area contributed by atoms with Crippen molar-refractivity contribution in [3.8, 4) is 11.1 Å². The molecule has 0 saturated carbocycles. The van der Waals surface area contributed by atoms with Crippen molar-refractivity contribution in [2.75, 3.05) is 0 Å². The van der Waals surface area contributed by atoms with Crippen molar-refractivity contribution in [2.24, 2.45) is 15.5 Å². The summed E-state index contributed by atoms with van der Waals surface area (Å²) < 4.78 is 0.979. The first-order valence-corrected chi connectivity index (χ1v) is 9.23. The van der Waals surface area contributed by atoms with Gasteiger partial charge in [0.15, 0.2) is 3.92 Å². The normalized spacial score (nSPS) is 11.3. The molecule has 4 rings (SSSR count). The van der Waals surface area contributed by atoms with Gasteiger partial charge in [0.25, 0.3) is 0 Å². The van der Waals surface area contributed by atoms with Gasteiger partial charge in [-0.2, -0.15) is 5.43 Å². The van der Waals surface area contributed by atoms with Crippen LogP contribution in [0.25, 0.3) is 11.1 Å². The lowest BCUT2D eigenvalue weighted by Gasteiger charge is -1.98. The SMILES string of the molecule is C1=NN=N[NH2+]1.Cc1nc(Br)sc1C.c1ccc(-c2ccccc2)cc1. The van der Waals surface area contributed by atoms with Gasteiger partial charge in [0.05, 0.1) is 10.9 Å². The van der Waals surface area contributed by atoms with Crippen LogP contribution in [0.3, 0.4) is 0 Å². The van der Waals surface area contributed by atoms with E-state index in [4.69, 9.17) is 0 Å². The summed E-state index contributed by atoms with van der Waals surface area (Å²) >= 11 is 4.97. The number of nitrogens with zero attached hydrogens (tertiary/aromatic N) is 4. The molecule has 0 fully saturated rings. The van der Waals surface area contributed by atoms with Crippen molar-refractivity contribution >= 4 is 33.6 Å².